The van der Waals surface area contributed by atoms with E-state index < -0.39 is 0 Å². The highest BCUT2D eigenvalue weighted by Crippen LogP contribution is 2.16. The SMILES string of the molecule is CC(C)SC(=O)c1ccc(N)nc1. The highest BCUT2D eigenvalue weighted by Gasteiger charge is 2.08. The monoisotopic (exact) mass is 196 g/mol. The Morgan fingerprint density at radius 3 is 2.69 bits per heavy atom. The Morgan fingerprint density at radius 1 is 1.54 bits per heavy atom. The number of thioether (sulfide) groups is 1. The van der Waals surface area contributed by atoms with E-state index in [1.54, 1.807) is 12.1 Å². The number of carbonyl (C=O) groups is 1. The number of nitrogens with zero attached hydrogens (tertiary/aromatic N) is 1. The molecule has 0 saturated carbocycles. The Hall–Kier alpha value is -1.03. The molecule has 0 spiro atoms. The van der Waals surface area contributed by atoms with Crippen LogP contribution < -0.4 is 5.73 Å². The fraction of sp³-hybridized carbons (Fsp3) is 0.333. The third kappa shape index (κ3) is 3.06. The minimum absolute atomic E-state index is 0.0440. The summed E-state index contributed by atoms with van der Waals surface area (Å²) in [7, 11) is 0. The summed E-state index contributed by atoms with van der Waals surface area (Å²) in [6.45, 7) is 3.96. The zero-order valence-corrected chi connectivity index (χ0v) is 8.47. The van der Waals surface area contributed by atoms with Crippen molar-refractivity contribution < 1.29 is 4.79 Å². The molecule has 2 N–H and O–H groups in total. The molecule has 70 valence electrons. The van der Waals surface area contributed by atoms with Crippen molar-refractivity contribution in [1.29, 1.82) is 0 Å². The van der Waals surface area contributed by atoms with Crippen LogP contribution in [-0.4, -0.2) is 15.3 Å². The van der Waals surface area contributed by atoms with E-state index >= 15 is 0 Å². The summed E-state index contributed by atoms with van der Waals surface area (Å²) in [6, 6.07) is 3.33. The van der Waals surface area contributed by atoms with Gasteiger partial charge in [-0.15, -0.1) is 0 Å². The van der Waals surface area contributed by atoms with E-state index in [0.29, 0.717) is 16.6 Å². The van der Waals surface area contributed by atoms with Crippen LogP contribution in [0.15, 0.2) is 18.3 Å². The Morgan fingerprint density at radius 2 is 2.23 bits per heavy atom. The third-order valence-corrected chi connectivity index (χ3v) is 2.29. The lowest BCUT2D eigenvalue weighted by Gasteiger charge is -2.02. The van der Waals surface area contributed by atoms with Crippen LogP contribution in [0.5, 0.6) is 0 Å². The van der Waals surface area contributed by atoms with Gasteiger partial charge in [-0.05, 0) is 12.1 Å². The topological polar surface area (TPSA) is 56.0 Å². The summed E-state index contributed by atoms with van der Waals surface area (Å²) in [4.78, 5) is 15.3. The van der Waals surface area contributed by atoms with Crippen molar-refractivity contribution >= 4 is 22.7 Å². The first-order valence-corrected chi connectivity index (χ1v) is 4.90. The number of hydrogen-bond donors (Lipinski definition) is 1. The van der Waals surface area contributed by atoms with E-state index in [9.17, 15) is 4.79 Å². The van der Waals surface area contributed by atoms with Gasteiger partial charge in [0.15, 0.2) is 0 Å². The number of anilines is 1. The second-order valence-electron chi connectivity index (χ2n) is 2.93. The molecule has 0 aliphatic heterocycles. The molecule has 1 rings (SSSR count). The Balaban J connectivity index is 2.72. The molecule has 1 aromatic rings. The Labute approximate surface area is 81.7 Å². The van der Waals surface area contributed by atoms with Crippen molar-refractivity contribution in [3.8, 4) is 0 Å². The second kappa shape index (κ2) is 4.28. The van der Waals surface area contributed by atoms with Gasteiger partial charge in [0.05, 0.1) is 0 Å². The quantitative estimate of drug-likeness (QED) is 0.785. The van der Waals surface area contributed by atoms with Gasteiger partial charge < -0.3 is 5.73 Å². The molecule has 0 aliphatic carbocycles. The van der Waals surface area contributed by atoms with E-state index in [4.69, 9.17) is 5.73 Å². The van der Waals surface area contributed by atoms with Gasteiger partial charge in [0.2, 0.25) is 5.12 Å². The molecule has 1 heterocycles. The average Bonchev–Trinajstić information content (AvgIpc) is 2.04. The van der Waals surface area contributed by atoms with Crippen molar-refractivity contribution in [3.05, 3.63) is 23.9 Å². The standard InChI is InChI=1S/C9H12N2OS/c1-6(2)13-9(12)7-3-4-8(10)11-5-7/h3-6H,1-2H3,(H2,10,11). The summed E-state index contributed by atoms with van der Waals surface area (Å²) in [6.07, 6.45) is 1.51. The molecule has 0 radical (unpaired) electrons. The molecule has 13 heavy (non-hydrogen) atoms. The minimum atomic E-state index is 0.0440. The molecule has 0 amide bonds. The van der Waals surface area contributed by atoms with Gasteiger partial charge in [-0.1, -0.05) is 25.6 Å². The van der Waals surface area contributed by atoms with Gasteiger partial charge in [0, 0.05) is 17.0 Å². The van der Waals surface area contributed by atoms with E-state index in [1.807, 2.05) is 13.8 Å². The lowest BCUT2D eigenvalue weighted by Crippen LogP contribution is -2.00. The molecule has 0 atom stereocenters. The first kappa shape index (κ1) is 10.1. The zero-order valence-electron chi connectivity index (χ0n) is 7.65. The minimum Gasteiger partial charge on any atom is -0.384 e. The van der Waals surface area contributed by atoms with E-state index in [2.05, 4.69) is 4.98 Å². The Bertz CT molecular complexity index is 295. The smallest absolute Gasteiger partial charge is 0.221 e. The molecule has 0 aromatic carbocycles. The van der Waals surface area contributed by atoms with Crippen LogP contribution >= 0.6 is 11.8 Å². The van der Waals surface area contributed by atoms with Gasteiger partial charge in [0.25, 0.3) is 0 Å². The average molecular weight is 196 g/mol. The first-order valence-electron chi connectivity index (χ1n) is 4.02. The van der Waals surface area contributed by atoms with Crippen LogP contribution in [0.25, 0.3) is 0 Å². The number of nitrogens with two attached hydrogens (primary N) is 1. The molecule has 0 unspecified atom stereocenters. The van der Waals surface area contributed by atoms with Crippen LogP contribution in [0, 0.1) is 0 Å². The number of aromatic nitrogens is 1. The maximum atomic E-state index is 11.4. The zero-order chi connectivity index (χ0) is 9.84. The van der Waals surface area contributed by atoms with Gasteiger partial charge in [-0.3, -0.25) is 4.79 Å². The second-order valence-corrected chi connectivity index (χ2v) is 4.48. The van der Waals surface area contributed by atoms with Gasteiger partial charge in [-0.25, -0.2) is 4.98 Å². The molecular weight excluding hydrogens is 184 g/mol. The van der Waals surface area contributed by atoms with E-state index in [0.717, 1.165) is 0 Å². The van der Waals surface area contributed by atoms with Gasteiger partial charge in [-0.2, -0.15) is 0 Å². The highest BCUT2D eigenvalue weighted by atomic mass is 32.2. The number of hydrogen-bond acceptors (Lipinski definition) is 4. The lowest BCUT2D eigenvalue weighted by atomic mass is 10.3. The number of rotatable bonds is 2. The molecule has 0 aliphatic rings. The molecule has 0 bridgehead atoms. The predicted molar refractivity (Wildman–Crippen MR) is 55.7 cm³/mol. The molecule has 0 fully saturated rings. The van der Waals surface area contributed by atoms with Crippen molar-refractivity contribution in [2.75, 3.05) is 5.73 Å². The molecule has 3 nitrogen and oxygen atoms in total. The van der Waals surface area contributed by atoms with Crippen molar-refractivity contribution in [2.24, 2.45) is 0 Å². The van der Waals surface area contributed by atoms with E-state index in [1.165, 1.54) is 18.0 Å². The normalized spacial score (nSPS) is 10.4. The van der Waals surface area contributed by atoms with Crippen molar-refractivity contribution in [2.45, 2.75) is 19.1 Å². The molecule has 0 saturated heterocycles. The van der Waals surface area contributed by atoms with Crippen LogP contribution in [0.1, 0.15) is 24.2 Å². The maximum Gasteiger partial charge on any atom is 0.221 e. The summed E-state index contributed by atoms with van der Waals surface area (Å²) >= 11 is 1.29. The lowest BCUT2D eigenvalue weighted by molar-refractivity contribution is 0.108. The fourth-order valence-corrected chi connectivity index (χ4v) is 1.49. The van der Waals surface area contributed by atoms with E-state index in [-0.39, 0.29) is 5.12 Å². The van der Waals surface area contributed by atoms with Crippen LogP contribution in [-0.2, 0) is 0 Å². The van der Waals surface area contributed by atoms with Crippen LogP contribution in [0.2, 0.25) is 0 Å². The van der Waals surface area contributed by atoms with Crippen molar-refractivity contribution in [1.82, 2.24) is 4.98 Å². The summed E-state index contributed by atoms with van der Waals surface area (Å²) in [5.74, 6) is 0.436. The Kier molecular flexibility index (Phi) is 3.31. The highest BCUT2D eigenvalue weighted by molar-refractivity contribution is 8.14. The first-order chi connectivity index (χ1) is 6.09. The summed E-state index contributed by atoms with van der Waals surface area (Å²) in [5, 5.41) is 0.340. The predicted octanol–water partition coefficient (Wildman–Crippen LogP) is 1.95. The third-order valence-electron chi connectivity index (χ3n) is 1.36. The number of carbonyl (C=O) groups excluding carboxylic acids is 1. The molecule has 4 heteroatoms. The van der Waals surface area contributed by atoms with Crippen LogP contribution in [0.4, 0.5) is 5.82 Å². The molecular formula is C9H12N2OS. The maximum absolute atomic E-state index is 11.4. The van der Waals surface area contributed by atoms with Crippen molar-refractivity contribution in [3.63, 3.8) is 0 Å². The number of pyridine rings is 1. The largest absolute Gasteiger partial charge is 0.384 e. The molecule has 1 aromatic heterocycles. The number of nitrogen functional groups attached to an aromatic ring is 1. The van der Waals surface area contributed by atoms with Gasteiger partial charge >= 0.3 is 0 Å². The fourth-order valence-electron chi connectivity index (χ4n) is 0.808. The van der Waals surface area contributed by atoms with Crippen LogP contribution in [0.3, 0.4) is 0 Å². The summed E-state index contributed by atoms with van der Waals surface area (Å²) < 4.78 is 0. The summed E-state index contributed by atoms with van der Waals surface area (Å²) in [5.41, 5.74) is 6.00. The van der Waals surface area contributed by atoms with Gasteiger partial charge in [0.1, 0.15) is 5.82 Å².